The van der Waals surface area contributed by atoms with Crippen molar-refractivity contribution in [1.82, 2.24) is 5.32 Å². The van der Waals surface area contributed by atoms with E-state index in [1.54, 1.807) is 24.3 Å². The van der Waals surface area contributed by atoms with Gasteiger partial charge in [-0.05, 0) is 49.9 Å². The molecule has 1 aromatic carbocycles. The van der Waals surface area contributed by atoms with Crippen LogP contribution in [0.4, 0.5) is 5.69 Å². The van der Waals surface area contributed by atoms with Crippen LogP contribution in [0.2, 0.25) is 0 Å². The van der Waals surface area contributed by atoms with Crippen LogP contribution in [-0.2, 0) is 14.6 Å². The molecule has 1 atom stereocenters. The summed E-state index contributed by atoms with van der Waals surface area (Å²) in [6.07, 6.45) is 5.20. The lowest BCUT2D eigenvalue weighted by atomic mass is 10.2. The first kappa shape index (κ1) is 14.4. The van der Waals surface area contributed by atoms with Crippen molar-refractivity contribution >= 4 is 21.4 Å². The van der Waals surface area contributed by atoms with Crippen molar-refractivity contribution in [1.29, 1.82) is 0 Å². The van der Waals surface area contributed by atoms with E-state index in [-0.39, 0.29) is 11.9 Å². The van der Waals surface area contributed by atoms with Gasteiger partial charge in [0.1, 0.15) is 6.04 Å². The quantitative estimate of drug-likeness (QED) is 0.911. The molecule has 21 heavy (non-hydrogen) atoms. The van der Waals surface area contributed by atoms with Gasteiger partial charge in [-0.15, -0.1) is 0 Å². The first-order chi connectivity index (χ1) is 9.95. The summed E-state index contributed by atoms with van der Waals surface area (Å²) in [5.41, 5.74) is 0.913. The van der Waals surface area contributed by atoms with E-state index < -0.39 is 9.84 Å². The molecule has 1 aliphatic heterocycles. The zero-order chi connectivity index (χ0) is 15.0. The van der Waals surface area contributed by atoms with Crippen molar-refractivity contribution < 1.29 is 13.2 Å². The predicted molar refractivity (Wildman–Crippen MR) is 81.1 cm³/mol. The fraction of sp³-hybridized carbons (Fsp3) is 0.533. The summed E-state index contributed by atoms with van der Waals surface area (Å²) in [5, 5.41) is 3.05. The van der Waals surface area contributed by atoms with E-state index in [0.717, 1.165) is 37.9 Å². The van der Waals surface area contributed by atoms with E-state index in [0.29, 0.717) is 10.9 Å². The Morgan fingerprint density at radius 3 is 2.43 bits per heavy atom. The molecule has 0 radical (unpaired) electrons. The summed E-state index contributed by atoms with van der Waals surface area (Å²) < 4.78 is 23.0. The molecular formula is C15H20N2O3S. The molecule has 1 aliphatic carbocycles. The van der Waals surface area contributed by atoms with E-state index in [9.17, 15) is 13.2 Å². The first-order valence-corrected chi connectivity index (χ1v) is 9.21. The molecule has 114 valence electrons. The maximum atomic E-state index is 12.3. The van der Waals surface area contributed by atoms with Gasteiger partial charge >= 0.3 is 0 Å². The van der Waals surface area contributed by atoms with Crippen LogP contribution in [0.3, 0.4) is 0 Å². The van der Waals surface area contributed by atoms with Gasteiger partial charge in [-0.3, -0.25) is 4.79 Å². The molecule has 1 saturated carbocycles. The third-order valence-corrected chi connectivity index (χ3v) is 5.20. The van der Waals surface area contributed by atoms with Gasteiger partial charge < -0.3 is 10.2 Å². The van der Waals surface area contributed by atoms with Crippen molar-refractivity contribution in [3.63, 3.8) is 0 Å². The molecular weight excluding hydrogens is 288 g/mol. The van der Waals surface area contributed by atoms with Gasteiger partial charge in [-0.2, -0.15) is 0 Å². The van der Waals surface area contributed by atoms with E-state index >= 15 is 0 Å². The van der Waals surface area contributed by atoms with Gasteiger partial charge in [0.05, 0.1) is 4.90 Å². The number of nitrogens with zero attached hydrogens (tertiary/aromatic N) is 1. The van der Waals surface area contributed by atoms with Gasteiger partial charge in [-0.25, -0.2) is 8.42 Å². The summed E-state index contributed by atoms with van der Waals surface area (Å²) >= 11 is 0. The summed E-state index contributed by atoms with van der Waals surface area (Å²) in [6, 6.07) is 7.04. The van der Waals surface area contributed by atoms with Crippen LogP contribution in [0.1, 0.15) is 25.7 Å². The molecule has 2 aliphatic rings. The maximum absolute atomic E-state index is 12.3. The number of anilines is 1. The van der Waals surface area contributed by atoms with E-state index in [4.69, 9.17) is 0 Å². The van der Waals surface area contributed by atoms with Crippen LogP contribution < -0.4 is 10.2 Å². The van der Waals surface area contributed by atoms with Gasteiger partial charge in [0.2, 0.25) is 5.91 Å². The molecule has 0 bridgehead atoms. The Kier molecular flexibility index (Phi) is 3.65. The second kappa shape index (κ2) is 5.33. The van der Waals surface area contributed by atoms with Crippen molar-refractivity contribution in [2.45, 2.75) is 42.7 Å². The van der Waals surface area contributed by atoms with Crippen LogP contribution in [0.5, 0.6) is 0 Å². The molecule has 1 N–H and O–H groups in total. The molecule has 5 nitrogen and oxygen atoms in total. The number of carbonyl (C=O) groups excluding carboxylic acids is 1. The predicted octanol–water partition coefficient (Wildman–Crippen LogP) is 1.34. The van der Waals surface area contributed by atoms with Crippen LogP contribution in [0.25, 0.3) is 0 Å². The SMILES string of the molecule is CS(=O)(=O)c1ccc(N2CCCC2C(=O)NC2CC2)cc1. The minimum absolute atomic E-state index is 0.0992. The molecule has 6 heteroatoms. The van der Waals surface area contributed by atoms with Gasteiger partial charge in [0.15, 0.2) is 9.84 Å². The number of hydrogen-bond acceptors (Lipinski definition) is 4. The van der Waals surface area contributed by atoms with Gasteiger partial charge in [0.25, 0.3) is 0 Å². The third kappa shape index (κ3) is 3.20. The number of sulfone groups is 1. The number of rotatable bonds is 4. The molecule has 2 fully saturated rings. The first-order valence-electron chi connectivity index (χ1n) is 7.32. The Morgan fingerprint density at radius 2 is 1.86 bits per heavy atom. The summed E-state index contributed by atoms with van der Waals surface area (Å²) in [5.74, 6) is 0.0992. The molecule has 3 rings (SSSR count). The normalized spacial score (nSPS) is 22.3. The number of benzene rings is 1. The van der Waals surface area contributed by atoms with E-state index in [2.05, 4.69) is 10.2 Å². The fourth-order valence-corrected chi connectivity index (χ4v) is 3.39. The molecule has 1 saturated heterocycles. The largest absolute Gasteiger partial charge is 0.360 e. The zero-order valence-corrected chi connectivity index (χ0v) is 12.9. The van der Waals surface area contributed by atoms with Crippen LogP contribution in [0, 0.1) is 0 Å². The third-order valence-electron chi connectivity index (χ3n) is 4.08. The zero-order valence-electron chi connectivity index (χ0n) is 12.1. The lowest BCUT2D eigenvalue weighted by molar-refractivity contribution is -0.122. The Bertz CT molecular complexity index is 635. The Balaban J connectivity index is 1.76. The summed E-state index contributed by atoms with van der Waals surface area (Å²) in [6.45, 7) is 0.834. The number of carbonyl (C=O) groups is 1. The minimum atomic E-state index is -3.18. The number of nitrogens with one attached hydrogen (secondary N) is 1. The average molecular weight is 308 g/mol. The Morgan fingerprint density at radius 1 is 1.19 bits per heavy atom. The highest BCUT2D eigenvalue weighted by atomic mass is 32.2. The maximum Gasteiger partial charge on any atom is 0.242 e. The number of amides is 1. The summed E-state index contributed by atoms with van der Waals surface area (Å²) in [4.78, 5) is 14.6. The fourth-order valence-electron chi connectivity index (χ4n) is 2.76. The van der Waals surface area contributed by atoms with Crippen molar-refractivity contribution in [3.8, 4) is 0 Å². The smallest absolute Gasteiger partial charge is 0.242 e. The number of hydrogen-bond donors (Lipinski definition) is 1. The second-order valence-corrected chi connectivity index (χ2v) is 7.92. The van der Waals surface area contributed by atoms with Crippen molar-refractivity contribution in [2.75, 3.05) is 17.7 Å². The lowest BCUT2D eigenvalue weighted by Gasteiger charge is -2.26. The molecule has 0 aromatic heterocycles. The molecule has 1 amide bonds. The molecule has 1 aromatic rings. The Labute approximate surface area is 125 Å². The van der Waals surface area contributed by atoms with Crippen LogP contribution in [-0.4, -0.2) is 39.2 Å². The second-order valence-electron chi connectivity index (χ2n) is 5.90. The van der Waals surface area contributed by atoms with Crippen molar-refractivity contribution in [3.05, 3.63) is 24.3 Å². The van der Waals surface area contributed by atoms with E-state index in [1.165, 1.54) is 6.26 Å². The highest BCUT2D eigenvalue weighted by Gasteiger charge is 2.34. The lowest BCUT2D eigenvalue weighted by Crippen LogP contribution is -2.44. The Hall–Kier alpha value is -1.56. The highest BCUT2D eigenvalue weighted by molar-refractivity contribution is 7.90. The van der Waals surface area contributed by atoms with Crippen LogP contribution >= 0.6 is 0 Å². The van der Waals surface area contributed by atoms with Crippen molar-refractivity contribution in [2.24, 2.45) is 0 Å². The van der Waals surface area contributed by atoms with Gasteiger partial charge in [0, 0.05) is 24.5 Å². The van der Waals surface area contributed by atoms with Crippen LogP contribution in [0.15, 0.2) is 29.2 Å². The topological polar surface area (TPSA) is 66.5 Å². The van der Waals surface area contributed by atoms with Gasteiger partial charge in [-0.1, -0.05) is 0 Å². The highest BCUT2D eigenvalue weighted by Crippen LogP contribution is 2.28. The van der Waals surface area contributed by atoms with E-state index in [1.807, 2.05) is 0 Å². The average Bonchev–Trinajstić information content (AvgIpc) is 3.11. The molecule has 1 heterocycles. The molecule has 0 spiro atoms. The molecule has 1 unspecified atom stereocenters. The standard InChI is InChI=1S/C15H20N2O3S/c1-21(19,20)13-8-6-12(7-9-13)17-10-2-3-14(17)15(18)16-11-4-5-11/h6-9,11,14H,2-5,10H2,1H3,(H,16,18). The minimum Gasteiger partial charge on any atom is -0.360 e. The summed E-state index contributed by atoms with van der Waals surface area (Å²) in [7, 11) is -3.18. The monoisotopic (exact) mass is 308 g/mol.